The van der Waals surface area contributed by atoms with Gasteiger partial charge in [0.2, 0.25) is 21.8 Å². The number of carbonyl (C=O) groups is 2. The molecule has 2 rings (SSSR count). The molecule has 150 valence electrons. The predicted molar refractivity (Wildman–Crippen MR) is 104 cm³/mol. The Morgan fingerprint density at radius 2 is 1.71 bits per heavy atom. The topological polar surface area (TPSA) is 104 Å². The molecule has 1 unspecified atom stereocenters. The minimum atomic E-state index is -4.22. The molecule has 0 fully saturated rings. The maximum absolute atomic E-state index is 13.7. The average molecular weight is 407 g/mol. The summed E-state index contributed by atoms with van der Waals surface area (Å²) in [4.78, 5) is 23.6. The summed E-state index contributed by atoms with van der Waals surface area (Å²) in [5, 5.41) is 5.05. The Morgan fingerprint density at radius 1 is 1.07 bits per heavy atom. The van der Waals surface area contributed by atoms with Crippen LogP contribution in [0.15, 0.2) is 53.4 Å². The third-order valence-electron chi connectivity index (χ3n) is 3.95. The molecule has 0 spiro atoms. The molecule has 3 N–H and O–H groups in total. The summed E-state index contributed by atoms with van der Waals surface area (Å²) >= 11 is 0. The molecular formula is C19H22FN3O4S. The number of halogens is 1. The Bertz CT molecular complexity index is 963. The molecule has 9 heteroatoms. The Labute approximate surface area is 163 Å². The first-order valence-electron chi connectivity index (χ1n) is 8.67. The zero-order valence-corrected chi connectivity index (χ0v) is 16.3. The van der Waals surface area contributed by atoms with Gasteiger partial charge >= 0.3 is 0 Å². The van der Waals surface area contributed by atoms with Gasteiger partial charge in [-0.2, -0.15) is 4.72 Å². The van der Waals surface area contributed by atoms with Crippen LogP contribution in [0.25, 0.3) is 0 Å². The minimum absolute atomic E-state index is 0.331. The lowest BCUT2D eigenvalue weighted by Gasteiger charge is -2.15. The number of amides is 2. The smallest absolute Gasteiger partial charge is 0.244 e. The fourth-order valence-electron chi connectivity index (χ4n) is 2.48. The van der Waals surface area contributed by atoms with Gasteiger partial charge in [0.25, 0.3) is 0 Å². The molecule has 0 saturated heterocycles. The average Bonchev–Trinajstić information content (AvgIpc) is 2.66. The van der Waals surface area contributed by atoms with Gasteiger partial charge < -0.3 is 10.6 Å². The van der Waals surface area contributed by atoms with Gasteiger partial charge in [-0.1, -0.05) is 37.3 Å². The number of benzene rings is 2. The molecule has 0 aliphatic rings. The van der Waals surface area contributed by atoms with E-state index in [9.17, 15) is 22.4 Å². The van der Waals surface area contributed by atoms with Gasteiger partial charge in [0, 0.05) is 5.69 Å². The summed E-state index contributed by atoms with van der Waals surface area (Å²) in [5.41, 5.74) is 1.60. The number of para-hydroxylation sites is 1. The number of anilines is 1. The number of rotatable bonds is 8. The van der Waals surface area contributed by atoms with Crippen molar-refractivity contribution in [3.63, 3.8) is 0 Å². The van der Waals surface area contributed by atoms with Crippen LogP contribution >= 0.6 is 0 Å². The minimum Gasteiger partial charge on any atom is -0.346 e. The van der Waals surface area contributed by atoms with E-state index in [1.807, 2.05) is 19.1 Å². The van der Waals surface area contributed by atoms with E-state index in [1.54, 1.807) is 12.1 Å². The summed E-state index contributed by atoms with van der Waals surface area (Å²) in [6, 6.07) is 10.9. The second-order valence-electron chi connectivity index (χ2n) is 6.05. The van der Waals surface area contributed by atoms with Crippen LogP contribution in [0, 0.1) is 5.82 Å². The van der Waals surface area contributed by atoms with Crippen LogP contribution in [0.4, 0.5) is 10.1 Å². The fourth-order valence-corrected chi connectivity index (χ4v) is 3.76. The molecular weight excluding hydrogens is 385 g/mol. The maximum atomic E-state index is 13.7. The molecule has 7 nitrogen and oxygen atoms in total. The van der Waals surface area contributed by atoms with E-state index in [4.69, 9.17) is 0 Å². The van der Waals surface area contributed by atoms with Crippen LogP contribution in [0.2, 0.25) is 0 Å². The van der Waals surface area contributed by atoms with E-state index in [1.165, 1.54) is 19.1 Å². The summed E-state index contributed by atoms with van der Waals surface area (Å²) < 4.78 is 40.2. The number of aryl methyl sites for hydroxylation is 1. The number of sulfonamides is 1. The highest BCUT2D eigenvalue weighted by atomic mass is 32.2. The van der Waals surface area contributed by atoms with Gasteiger partial charge in [0.05, 0.1) is 12.6 Å². The Morgan fingerprint density at radius 3 is 2.39 bits per heavy atom. The number of nitrogens with one attached hydrogen (secondary N) is 3. The van der Waals surface area contributed by atoms with E-state index >= 15 is 0 Å². The Balaban J connectivity index is 1.92. The monoisotopic (exact) mass is 407 g/mol. The first kappa shape index (κ1) is 21.5. The van der Waals surface area contributed by atoms with Crippen LogP contribution in [-0.4, -0.2) is 32.8 Å². The lowest BCUT2D eigenvalue weighted by Crippen LogP contribution is -2.46. The molecule has 0 bridgehead atoms. The first-order chi connectivity index (χ1) is 13.2. The zero-order valence-electron chi connectivity index (χ0n) is 15.5. The molecule has 0 aromatic heterocycles. The molecule has 2 amide bonds. The van der Waals surface area contributed by atoms with Crippen molar-refractivity contribution in [2.24, 2.45) is 0 Å². The van der Waals surface area contributed by atoms with Crippen molar-refractivity contribution in [3.05, 3.63) is 59.9 Å². The van der Waals surface area contributed by atoms with Crippen LogP contribution in [0.1, 0.15) is 19.4 Å². The third kappa shape index (κ3) is 5.61. The second kappa shape index (κ2) is 9.43. The van der Waals surface area contributed by atoms with Crippen molar-refractivity contribution in [2.75, 3.05) is 11.9 Å². The standard InChI is InChI=1S/C19H22FN3O4S/c1-3-14-8-4-6-10-16(14)22-18(24)12-21-19(25)13(2)23-28(26,27)17-11-7-5-9-15(17)20/h4-11,13,23H,3,12H2,1-2H3,(H,21,25)(H,22,24). The molecule has 0 heterocycles. The van der Waals surface area contributed by atoms with E-state index < -0.39 is 38.6 Å². The molecule has 1 atom stereocenters. The molecule has 2 aromatic carbocycles. The summed E-state index contributed by atoms with van der Waals surface area (Å²) in [5.74, 6) is -2.08. The van der Waals surface area contributed by atoms with Gasteiger partial charge in [0.1, 0.15) is 10.7 Å². The largest absolute Gasteiger partial charge is 0.346 e. The van der Waals surface area contributed by atoms with E-state index in [-0.39, 0.29) is 6.54 Å². The highest BCUT2D eigenvalue weighted by Gasteiger charge is 2.24. The molecule has 2 aromatic rings. The van der Waals surface area contributed by atoms with Gasteiger partial charge in [-0.05, 0) is 37.1 Å². The van der Waals surface area contributed by atoms with E-state index in [0.717, 1.165) is 24.1 Å². The third-order valence-corrected chi connectivity index (χ3v) is 5.52. The quantitative estimate of drug-likeness (QED) is 0.621. The lowest BCUT2D eigenvalue weighted by molar-refractivity contribution is -0.125. The maximum Gasteiger partial charge on any atom is 0.244 e. The second-order valence-corrected chi connectivity index (χ2v) is 7.73. The van der Waals surface area contributed by atoms with E-state index in [0.29, 0.717) is 5.69 Å². The Hall–Kier alpha value is -2.78. The molecule has 0 radical (unpaired) electrons. The SMILES string of the molecule is CCc1ccccc1NC(=O)CNC(=O)C(C)NS(=O)(=O)c1ccccc1F. The fraction of sp³-hybridized carbons (Fsp3) is 0.263. The van der Waals surface area contributed by atoms with Crippen molar-refractivity contribution in [1.82, 2.24) is 10.0 Å². The highest BCUT2D eigenvalue weighted by molar-refractivity contribution is 7.89. The van der Waals surface area contributed by atoms with Crippen LogP contribution < -0.4 is 15.4 Å². The Kier molecular flexibility index (Phi) is 7.24. The lowest BCUT2D eigenvalue weighted by atomic mass is 10.1. The predicted octanol–water partition coefficient (Wildman–Crippen LogP) is 1.81. The summed E-state index contributed by atoms with van der Waals surface area (Å²) in [6.45, 7) is 2.93. The van der Waals surface area contributed by atoms with Crippen molar-refractivity contribution in [1.29, 1.82) is 0 Å². The van der Waals surface area contributed by atoms with Crippen molar-refractivity contribution in [3.8, 4) is 0 Å². The summed E-state index contributed by atoms with van der Waals surface area (Å²) in [6.07, 6.45) is 0.734. The number of hydrogen-bond acceptors (Lipinski definition) is 4. The van der Waals surface area contributed by atoms with Gasteiger partial charge in [-0.25, -0.2) is 12.8 Å². The summed E-state index contributed by atoms with van der Waals surface area (Å²) in [7, 11) is -4.22. The van der Waals surface area contributed by atoms with Gasteiger partial charge in [0.15, 0.2) is 0 Å². The molecule has 0 aliphatic heterocycles. The molecule has 28 heavy (non-hydrogen) atoms. The zero-order chi connectivity index (χ0) is 20.7. The van der Waals surface area contributed by atoms with E-state index in [2.05, 4.69) is 15.4 Å². The molecule has 0 aliphatic carbocycles. The normalized spacial score (nSPS) is 12.2. The van der Waals surface area contributed by atoms with Crippen molar-refractivity contribution in [2.45, 2.75) is 31.2 Å². The van der Waals surface area contributed by atoms with Crippen molar-refractivity contribution < 1.29 is 22.4 Å². The van der Waals surface area contributed by atoms with Crippen LogP contribution in [0.3, 0.4) is 0 Å². The molecule has 0 saturated carbocycles. The number of carbonyl (C=O) groups excluding carboxylic acids is 2. The van der Waals surface area contributed by atoms with Gasteiger partial charge in [-0.15, -0.1) is 0 Å². The number of hydrogen-bond donors (Lipinski definition) is 3. The van der Waals surface area contributed by atoms with Crippen molar-refractivity contribution >= 4 is 27.5 Å². The highest BCUT2D eigenvalue weighted by Crippen LogP contribution is 2.15. The van der Waals surface area contributed by atoms with Crippen LogP contribution in [0.5, 0.6) is 0 Å². The van der Waals surface area contributed by atoms with Crippen LogP contribution in [-0.2, 0) is 26.0 Å². The first-order valence-corrected chi connectivity index (χ1v) is 10.1. The van der Waals surface area contributed by atoms with Gasteiger partial charge in [-0.3, -0.25) is 9.59 Å².